The Hall–Kier alpha value is -2.21. The van der Waals surface area contributed by atoms with Crippen molar-refractivity contribution in [2.45, 2.75) is 20.8 Å². The Morgan fingerprint density at radius 3 is 2.14 bits per heavy atom. The highest BCUT2D eigenvalue weighted by molar-refractivity contribution is 5.99. The van der Waals surface area contributed by atoms with Crippen molar-refractivity contribution in [1.29, 1.82) is 5.41 Å². The number of benzene rings is 1. The molecule has 2 aromatic rings. The second-order valence-corrected chi connectivity index (χ2v) is 4.77. The van der Waals surface area contributed by atoms with Crippen molar-refractivity contribution in [3.05, 3.63) is 34.5 Å². The van der Waals surface area contributed by atoms with E-state index in [1.807, 2.05) is 26.8 Å². The van der Waals surface area contributed by atoms with Crippen molar-refractivity contribution in [2.75, 3.05) is 0 Å². The van der Waals surface area contributed by atoms with Crippen LogP contribution >= 0.6 is 12.4 Å². The summed E-state index contributed by atoms with van der Waals surface area (Å²) in [6.07, 6.45) is 0. The predicted octanol–water partition coefficient (Wildman–Crippen LogP) is 2.06. The number of halogens is 1. The monoisotopic (exact) mass is 312 g/mol. The van der Waals surface area contributed by atoms with Crippen LogP contribution in [0.3, 0.4) is 0 Å². The largest absolute Gasteiger partial charge is 0.477 e. The van der Waals surface area contributed by atoms with Gasteiger partial charge >= 0.3 is 5.97 Å². The molecular formula is C14H21ClN4O2. The molecule has 6 nitrogen and oxygen atoms in total. The second kappa shape index (κ2) is 6.99. The third-order valence-corrected chi connectivity index (χ3v) is 3.09. The summed E-state index contributed by atoms with van der Waals surface area (Å²) in [4.78, 5) is 11.2. The van der Waals surface area contributed by atoms with E-state index in [2.05, 4.69) is 17.5 Å². The number of carbonyl (C=O) groups is 1. The zero-order chi connectivity index (χ0) is 15.6. The Morgan fingerprint density at radius 2 is 1.71 bits per heavy atom. The van der Waals surface area contributed by atoms with Crippen LogP contribution in [0.25, 0.3) is 10.9 Å². The predicted molar refractivity (Wildman–Crippen MR) is 87.4 cm³/mol. The summed E-state index contributed by atoms with van der Waals surface area (Å²) in [6, 6.07) is 4.11. The minimum atomic E-state index is -0.867. The van der Waals surface area contributed by atoms with E-state index in [0.29, 0.717) is 5.69 Å². The molecule has 0 bridgehead atoms. The maximum absolute atomic E-state index is 11.2. The lowest BCUT2D eigenvalue weighted by Crippen LogP contribution is -2.20. The molecule has 0 aliphatic carbocycles. The fraction of sp³-hybridized carbons (Fsp3) is 0.286. The summed E-state index contributed by atoms with van der Waals surface area (Å²) in [6.45, 7) is 5.91. The SMILES string of the molecule is Cc1cc(C)c2c(C)c(C(=O)O)n(C)c2c1.Cl.N=C(N)N. The molecule has 1 heterocycles. The smallest absolute Gasteiger partial charge is 0.352 e. The molecule has 0 aliphatic rings. The van der Waals surface area contributed by atoms with Crippen LogP contribution in [0.15, 0.2) is 12.1 Å². The van der Waals surface area contributed by atoms with Crippen molar-refractivity contribution >= 4 is 35.2 Å². The standard InChI is InChI=1S/C13H15NO2.CH5N3.ClH/c1-7-5-8(2)11-9(3)12(13(15)16)14(4)10(11)6-7;2-1(3)4;/h5-6H,1-4H3,(H,15,16);(H5,2,3,4);1H. The third kappa shape index (κ3) is 3.88. The van der Waals surface area contributed by atoms with Crippen molar-refractivity contribution in [2.24, 2.45) is 18.5 Å². The van der Waals surface area contributed by atoms with Crippen LogP contribution in [0.1, 0.15) is 27.2 Å². The minimum Gasteiger partial charge on any atom is -0.477 e. The molecule has 0 unspecified atom stereocenters. The quantitative estimate of drug-likeness (QED) is 0.476. The Labute approximate surface area is 129 Å². The zero-order valence-corrected chi connectivity index (χ0v) is 13.3. The highest BCUT2D eigenvalue weighted by Crippen LogP contribution is 2.28. The van der Waals surface area contributed by atoms with Gasteiger partial charge in [-0.3, -0.25) is 5.41 Å². The van der Waals surface area contributed by atoms with Crippen molar-refractivity contribution < 1.29 is 9.90 Å². The molecule has 116 valence electrons. The third-order valence-electron chi connectivity index (χ3n) is 3.09. The zero-order valence-electron chi connectivity index (χ0n) is 12.5. The number of rotatable bonds is 1. The van der Waals surface area contributed by atoms with Gasteiger partial charge in [-0.1, -0.05) is 6.07 Å². The Bertz CT molecular complexity index is 688. The van der Waals surface area contributed by atoms with Crippen LogP contribution in [0.2, 0.25) is 0 Å². The Balaban J connectivity index is 0.000000715. The average Bonchev–Trinajstić information content (AvgIpc) is 2.49. The van der Waals surface area contributed by atoms with Gasteiger partial charge in [-0.05, 0) is 43.5 Å². The first-order valence-electron chi connectivity index (χ1n) is 6.05. The maximum Gasteiger partial charge on any atom is 0.352 e. The van der Waals surface area contributed by atoms with Gasteiger partial charge in [-0.2, -0.15) is 0 Å². The Kier molecular flexibility index (Phi) is 6.25. The van der Waals surface area contributed by atoms with Crippen LogP contribution in [0.4, 0.5) is 0 Å². The maximum atomic E-state index is 11.2. The number of carboxylic acids is 1. The molecule has 0 spiro atoms. The summed E-state index contributed by atoms with van der Waals surface area (Å²) < 4.78 is 1.76. The highest BCUT2D eigenvalue weighted by atomic mass is 35.5. The number of hydrogen-bond donors (Lipinski definition) is 4. The number of nitrogens with two attached hydrogens (primary N) is 2. The molecule has 0 amide bonds. The van der Waals surface area contributed by atoms with E-state index in [-0.39, 0.29) is 18.4 Å². The van der Waals surface area contributed by atoms with E-state index >= 15 is 0 Å². The number of carboxylic acid groups (broad SMARTS) is 1. The molecule has 21 heavy (non-hydrogen) atoms. The molecule has 2 rings (SSSR count). The van der Waals surface area contributed by atoms with Crippen LogP contribution in [0.5, 0.6) is 0 Å². The van der Waals surface area contributed by atoms with Gasteiger partial charge in [0.15, 0.2) is 5.96 Å². The average molecular weight is 313 g/mol. The summed E-state index contributed by atoms with van der Waals surface area (Å²) in [5, 5.41) is 16.3. The first-order chi connectivity index (χ1) is 9.16. The van der Waals surface area contributed by atoms with Gasteiger partial charge < -0.3 is 21.1 Å². The lowest BCUT2D eigenvalue weighted by Gasteiger charge is -2.02. The number of nitrogens with one attached hydrogen (secondary N) is 1. The van der Waals surface area contributed by atoms with E-state index < -0.39 is 5.97 Å². The van der Waals surface area contributed by atoms with Crippen molar-refractivity contribution in [3.8, 4) is 0 Å². The number of guanidine groups is 1. The van der Waals surface area contributed by atoms with Crippen LogP contribution in [0, 0.1) is 26.2 Å². The summed E-state index contributed by atoms with van der Waals surface area (Å²) in [5.41, 5.74) is 13.5. The first kappa shape index (κ1) is 18.8. The molecule has 0 saturated heterocycles. The molecule has 6 N–H and O–H groups in total. The summed E-state index contributed by atoms with van der Waals surface area (Å²) in [5.74, 6) is -1.20. The van der Waals surface area contributed by atoms with Gasteiger partial charge in [0, 0.05) is 18.0 Å². The summed E-state index contributed by atoms with van der Waals surface area (Å²) >= 11 is 0. The first-order valence-corrected chi connectivity index (χ1v) is 6.05. The molecule has 0 atom stereocenters. The van der Waals surface area contributed by atoms with E-state index in [1.165, 1.54) is 0 Å². The van der Waals surface area contributed by atoms with Gasteiger partial charge in [0.1, 0.15) is 5.69 Å². The normalized spacial score (nSPS) is 9.52. The van der Waals surface area contributed by atoms with Crippen molar-refractivity contribution in [3.63, 3.8) is 0 Å². The lowest BCUT2D eigenvalue weighted by atomic mass is 10.0. The Morgan fingerprint density at radius 1 is 1.24 bits per heavy atom. The molecule has 0 radical (unpaired) electrons. The number of aryl methyl sites for hydroxylation is 4. The topological polar surface area (TPSA) is 118 Å². The number of nitrogens with zero attached hydrogens (tertiary/aromatic N) is 1. The molecule has 1 aromatic heterocycles. The van der Waals surface area contributed by atoms with Gasteiger partial charge in [-0.15, -0.1) is 12.4 Å². The molecule has 1 aromatic carbocycles. The fourth-order valence-corrected chi connectivity index (χ4v) is 2.49. The second-order valence-electron chi connectivity index (χ2n) is 4.77. The van der Waals surface area contributed by atoms with Gasteiger partial charge in [0.25, 0.3) is 0 Å². The van der Waals surface area contributed by atoms with Crippen LogP contribution < -0.4 is 11.5 Å². The molecule has 0 fully saturated rings. The highest BCUT2D eigenvalue weighted by Gasteiger charge is 2.18. The van der Waals surface area contributed by atoms with Crippen molar-refractivity contribution in [1.82, 2.24) is 4.57 Å². The van der Waals surface area contributed by atoms with Gasteiger partial charge in [0.2, 0.25) is 0 Å². The van der Waals surface area contributed by atoms with Gasteiger partial charge in [-0.25, -0.2) is 4.79 Å². The number of fused-ring (bicyclic) bond motifs is 1. The van der Waals surface area contributed by atoms with E-state index in [9.17, 15) is 9.90 Å². The molecule has 7 heteroatoms. The van der Waals surface area contributed by atoms with E-state index in [1.54, 1.807) is 11.6 Å². The number of aromatic carboxylic acids is 1. The van der Waals surface area contributed by atoms with E-state index in [4.69, 9.17) is 5.41 Å². The van der Waals surface area contributed by atoms with E-state index in [0.717, 1.165) is 27.6 Å². The fourth-order valence-electron chi connectivity index (χ4n) is 2.49. The molecule has 0 aliphatic heterocycles. The lowest BCUT2D eigenvalue weighted by molar-refractivity contribution is 0.0686. The van der Waals surface area contributed by atoms with Gasteiger partial charge in [0.05, 0.1) is 0 Å². The molecule has 0 saturated carbocycles. The number of hydrogen-bond acceptors (Lipinski definition) is 2. The number of aromatic nitrogens is 1. The van der Waals surface area contributed by atoms with Crippen LogP contribution in [-0.2, 0) is 7.05 Å². The molecular weight excluding hydrogens is 292 g/mol. The minimum absolute atomic E-state index is 0. The van der Waals surface area contributed by atoms with Crippen LogP contribution in [-0.4, -0.2) is 21.6 Å². The summed E-state index contributed by atoms with van der Waals surface area (Å²) in [7, 11) is 1.80.